The molecule has 41 heavy (non-hydrogen) atoms. The van der Waals surface area contributed by atoms with Crippen LogP contribution < -0.4 is 14.2 Å². The Labute approximate surface area is 241 Å². The molecule has 0 saturated carbocycles. The smallest absolute Gasteiger partial charge is 0.254 e. The van der Waals surface area contributed by atoms with Crippen LogP contribution in [0.4, 0.5) is 0 Å². The third-order valence-electron chi connectivity index (χ3n) is 7.58. The van der Waals surface area contributed by atoms with Crippen LogP contribution in [0.15, 0.2) is 59.5 Å². The molecule has 1 amide bonds. The standard InChI is InChI=1S/C31H36N2O7S/c1-21-15-22(2)17-25(16-21)40-20-28-27-19-30(38-4)29(37-3)18-24(27)9-10-33(28)31(34)23-5-7-26(8-6-23)41(35,36)32-11-13-39-14-12-32/h5-8,15-19,28H,9-14,20H2,1-4H3/t28-/m0/s1. The summed E-state index contributed by atoms with van der Waals surface area (Å²) in [4.78, 5) is 15.9. The summed E-state index contributed by atoms with van der Waals surface area (Å²) in [5.41, 5.74) is 4.59. The van der Waals surface area contributed by atoms with Gasteiger partial charge in [0, 0.05) is 25.2 Å². The zero-order chi connectivity index (χ0) is 29.1. The van der Waals surface area contributed by atoms with Crippen LogP contribution >= 0.6 is 0 Å². The number of methoxy groups -OCH3 is 2. The number of hydrogen-bond donors (Lipinski definition) is 0. The van der Waals surface area contributed by atoms with E-state index in [0.717, 1.165) is 28.0 Å². The number of carbonyl (C=O) groups excluding carboxylic acids is 1. The van der Waals surface area contributed by atoms with Gasteiger partial charge in [0.25, 0.3) is 5.91 Å². The van der Waals surface area contributed by atoms with Crippen LogP contribution in [-0.4, -0.2) is 77.2 Å². The maximum Gasteiger partial charge on any atom is 0.254 e. The minimum Gasteiger partial charge on any atom is -0.493 e. The number of aryl methyl sites for hydroxylation is 2. The summed E-state index contributed by atoms with van der Waals surface area (Å²) in [6, 6.07) is 15.7. The number of rotatable bonds is 8. The number of amides is 1. The van der Waals surface area contributed by atoms with Crippen LogP contribution in [0.25, 0.3) is 0 Å². The fourth-order valence-corrected chi connectivity index (χ4v) is 6.92. The van der Waals surface area contributed by atoms with Gasteiger partial charge in [-0.1, -0.05) is 6.07 Å². The van der Waals surface area contributed by atoms with Crippen molar-refractivity contribution in [1.29, 1.82) is 0 Å². The Morgan fingerprint density at radius 3 is 2.17 bits per heavy atom. The van der Waals surface area contributed by atoms with E-state index in [4.69, 9.17) is 18.9 Å². The first-order valence-electron chi connectivity index (χ1n) is 13.7. The van der Waals surface area contributed by atoms with Gasteiger partial charge in [0.05, 0.1) is 38.4 Å². The van der Waals surface area contributed by atoms with E-state index >= 15 is 0 Å². The van der Waals surface area contributed by atoms with Gasteiger partial charge in [0.15, 0.2) is 11.5 Å². The van der Waals surface area contributed by atoms with Crippen molar-refractivity contribution in [3.63, 3.8) is 0 Å². The summed E-state index contributed by atoms with van der Waals surface area (Å²) in [5.74, 6) is 1.75. The van der Waals surface area contributed by atoms with Gasteiger partial charge < -0.3 is 23.8 Å². The van der Waals surface area contributed by atoms with Crippen molar-refractivity contribution in [2.75, 3.05) is 53.7 Å². The zero-order valence-corrected chi connectivity index (χ0v) is 24.7. The van der Waals surface area contributed by atoms with E-state index < -0.39 is 16.1 Å². The van der Waals surface area contributed by atoms with Crippen LogP contribution in [0.3, 0.4) is 0 Å². The van der Waals surface area contributed by atoms with E-state index in [2.05, 4.69) is 6.07 Å². The molecule has 0 aliphatic carbocycles. The molecule has 0 N–H and O–H groups in total. The van der Waals surface area contributed by atoms with E-state index in [-0.39, 0.29) is 17.4 Å². The van der Waals surface area contributed by atoms with Crippen molar-refractivity contribution < 1.29 is 32.2 Å². The number of morpholine rings is 1. The van der Waals surface area contributed by atoms with Gasteiger partial charge >= 0.3 is 0 Å². The minimum absolute atomic E-state index is 0.159. The van der Waals surface area contributed by atoms with E-state index in [1.807, 2.05) is 38.1 Å². The van der Waals surface area contributed by atoms with Crippen molar-refractivity contribution in [1.82, 2.24) is 9.21 Å². The lowest BCUT2D eigenvalue weighted by atomic mass is 9.91. The summed E-state index contributed by atoms with van der Waals surface area (Å²) in [7, 11) is -0.468. The van der Waals surface area contributed by atoms with Crippen molar-refractivity contribution in [2.24, 2.45) is 0 Å². The topological polar surface area (TPSA) is 94.6 Å². The molecule has 9 nitrogen and oxygen atoms in total. The number of sulfonamides is 1. The first-order valence-corrected chi connectivity index (χ1v) is 15.1. The average molecular weight is 581 g/mol. The Morgan fingerprint density at radius 1 is 0.902 bits per heavy atom. The Bertz CT molecular complexity index is 1500. The Hall–Kier alpha value is -3.60. The third-order valence-corrected chi connectivity index (χ3v) is 9.49. The van der Waals surface area contributed by atoms with Crippen LogP contribution in [0, 0.1) is 13.8 Å². The summed E-state index contributed by atoms with van der Waals surface area (Å²) >= 11 is 0. The van der Waals surface area contributed by atoms with Crippen molar-refractivity contribution >= 4 is 15.9 Å². The molecule has 218 valence electrons. The second kappa shape index (κ2) is 12.1. The minimum atomic E-state index is -3.66. The highest BCUT2D eigenvalue weighted by Gasteiger charge is 2.34. The maximum atomic E-state index is 13.9. The second-order valence-corrected chi connectivity index (χ2v) is 12.3. The monoisotopic (exact) mass is 580 g/mol. The van der Waals surface area contributed by atoms with Crippen LogP contribution in [0.2, 0.25) is 0 Å². The number of hydrogen-bond acceptors (Lipinski definition) is 7. The Kier molecular flexibility index (Phi) is 8.53. The molecule has 0 unspecified atom stereocenters. The molecular weight excluding hydrogens is 544 g/mol. The molecule has 0 spiro atoms. The molecule has 2 heterocycles. The lowest BCUT2D eigenvalue weighted by molar-refractivity contribution is 0.0589. The number of nitrogens with zero attached hydrogens (tertiary/aromatic N) is 2. The fraction of sp³-hybridized carbons (Fsp3) is 0.387. The SMILES string of the molecule is COc1cc2c(cc1OC)[C@H](COc1cc(C)cc(C)c1)N(C(=O)c1ccc(S(=O)(=O)N3CCOCC3)cc1)CC2. The molecule has 1 fully saturated rings. The molecule has 0 aromatic heterocycles. The van der Waals surface area contributed by atoms with Crippen LogP contribution in [0.5, 0.6) is 17.2 Å². The largest absolute Gasteiger partial charge is 0.493 e. The molecule has 3 aromatic carbocycles. The van der Waals surface area contributed by atoms with Crippen molar-refractivity contribution in [3.05, 3.63) is 82.4 Å². The lowest BCUT2D eigenvalue weighted by Gasteiger charge is -2.37. The predicted molar refractivity (Wildman–Crippen MR) is 154 cm³/mol. The number of carbonyl (C=O) groups is 1. The van der Waals surface area contributed by atoms with Crippen LogP contribution in [0.1, 0.15) is 38.7 Å². The van der Waals surface area contributed by atoms with Crippen LogP contribution in [-0.2, 0) is 21.2 Å². The van der Waals surface area contributed by atoms with E-state index in [1.54, 1.807) is 31.3 Å². The molecule has 1 atom stereocenters. The molecule has 10 heteroatoms. The molecule has 3 aromatic rings. The quantitative estimate of drug-likeness (QED) is 0.395. The van der Waals surface area contributed by atoms with Crippen molar-refractivity contribution in [3.8, 4) is 17.2 Å². The van der Waals surface area contributed by atoms with Gasteiger partial charge in [-0.25, -0.2) is 8.42 Å². The van der Waals surface area contributed by atoms with E-state index in [1.165, 1.54) is 16.4 Å². The van der Waals surface area contributed by atoms with E-state index in [0.29, 0.717) is 56.3 Å². The molecule has 0 bridgehead atoms. The Balaban J connectivity index is 1.45. The van der Waals surface area contributed by atoms with Gasteiger partial charge in [0.2, 0.25) is 10.0 Å². The highest BCUT2D eigenvalue weighted by atomic mass is 32.2. The van der Waals surface area contributed by atoms with Gasteiger partial charge in [-0.05, 0) is 91.1 Å². The number of ether oxygens (including phenoxy) is 4. The lowest BCUT2D eigenvalue weighted by Crippen LogP contribution is -2.42. The van der Waals surface area contributed by atoms with Gasteiger partial charge in [-0.15, -0.1) is 0 Å². The average Bonchev–Trinajstić information content (AvgIpc) is 2.98. The normalized spacial score (nSPS) is 17.6. The third kappa shape index (κ3) is 6.05. The number of benzene rings is 3. The molecule has 2 aliphatic heterocycles. The molecule has 0 radical (unpaired) electrons. The molecule has 2 aliphatic rings. The predicted octanol–water partition coefficient (Wildman–Crippen LogP) is 4.16. The highest BCUT2D eigenvalue weighted by molar-refractivity contribution is 7.89. The molecule has 1 saturated heterocycles. The number of fused-ring (bicyclic) bond motifs is 1. The molecular formula is C31H36N2O7S. The maximum absolute atomic E-state index is 13.9. The Morgan fingerprint density at radius 2 is 1.54 bits per heavy atom. The summed E-state index contributed by atoms with van der Waals surface area (Å²) in [6.45, 7) is 6.11. The molecule has 5 rings (SSSR count). The second-order valence-electron chi connectivity index (χ2n) is 10.3. The van der Waals surface area contributed by atoms with Gasteiger partial charge in [0.1, 0.15) is 12.4 Å². The van der Waals surface area contributed by atoms with E-state index in [9.17, 15) is 13.2 Å². The van der Waals surface area contributed by atoms with Gasteiger partial charge in [-0.2, -0.15) is 4.31 Å². The van der Waals surface area contributed by atoms with Crippen molar-refractivity contribution in [2.45, 2.75) is 31.2 Å². The van der Waals surface area contributed by atoms with Gasteiger partial charge in [-0.3, -0.25) is 4.79 Å². The summed E-state index contributed by atoms with van der Waals surface area (Å²) < 4.78 is 50.2. The fourth-order valence-electron chi connectivity index (χ4n) is 5.51. The highest BCUT2D eigenvalue weighted by Crippen LogP contribution is 2.39. The summed E-state index contributed by atoms with van der Waals surface area (Å²) in [6.07, 6.45) is 0.630. The zero-order valence-electron chi connectivity index (χ0n) is 23.9. The summed E-state index contributed by atoms with van der Waals surface area (Å²) in [5, 5.41) is 0. The first kappa shape index (κ1) is 28.9. The first-order chi connectivity index (χ1) is 19.7.